The Morgan fingerprint density at radius 3 is 2.23 bits per heavy atom. The molecule has 0 spiro atoms. The molecule has 1 heterocycles. The fourth-order valence-corrected chi connectivity index (χ4v) is 1.07. The second-order valence-electron chi connectivity index (χ2n) is 2.59. The number of hydrogen-bond donors (Lipinski definition) is 0. The molecule has 0 aliphatic carbocycles. The number of aromatic nitrogens is 2. The SMILES string of the molecule is C#Cc1cnc(N(CC)CC)nc1. The van der Waals surface area contributed by atoms with Gasteiger partial charge in [-0.2, -0.15) is 0 Å². The number of anilines is 1. The van der Waals surface area contributed by atoms with Crippen LogP contribution >= 0.6 is 0 Å². The first kappa shape index (κ1) is 9.53. The van der Waals surface area contributed by atoms with E-state index in [4.69, 9.17) is 6.42 Å². The van der Waals surface area contributed by atoms with Crippen LogP contribution < -0.4 is 4.90 Å². The third-order valence-corrected chi connectivity index (χ3v) is 1.85. The van der Waals surface area contributed by atoms with Gasteiger partial charge in [0.1, 0.15) is 0 Å². The van der Waals surface area contributed by atoms with Crippen LogP contribution in [0.25, 0.3) is 0 Å². The lowest BCUT2D eigenvalue weighted by molar-refractivity contribution is 0.820. The van der Waals surface area contributed by atoms with Crippen molar-refractivity contribution in [3.63, 3.8) is 0 Å². The summed E-state index contributed by atoms with van der Waals surface area (Å²) in [4.78, 5) is 10.4. The van der Waals surface area contributed by atoms with Crippen molar-refractivity contribution >= 4 is 5.95 Å². The molecular weight excluding hydrogens is 162 g/mol. The fraction of sp³-hybridized carbons (Fsp3) is 0.400. The summed E-state index contributed by atoms with van der Waals surface area (Å²) in [7, 11) is 0. The van der Waals surface area contributed by atoms with Crippen LogP contribution in [-0.4, -0.2) is 23.1 Å². The van der Waals surface area contributed by atoms with Crippen molar-refractivity contribution in [2.75, 3.05) is 18.0 Å². The number of hydrogen-bond acceptors (Lipinski definition) is 3. The van der Waals surface area contributed by atoms with E-state index in [0.717, 1.165) is 24.6 Å². The van der Waals surface area contributed by atoms with Crippen molar-refractivity contribution in [3.05, 3.63) is 18.0 Å². The predicted octanol–water partition coefficient (Wildman–Crippen LogP) is 1.30. The van der Waals surface area contributed by atoms with Crippen LogP contribution in [-0.2, 0) is 0 Å². The van der Waals surface area contributed by atoms with Gasteiger partial charge in [-0.05, 0) is 13.8 Å². The highest BCUT2D eigenvalue weighted by atomic mass is 15.2. The van der Waals surface area contributed by atoms with E-state index in [-0.39, 0.29) is 0 Å². The second-order valence-corrected chi connectivity index (χ2v) is 2.59. The molecule has 0 N–H and O–H groups in total. The van der Waals surface area contributed by atoms with Gasteiger partial charge in [0.2, 0.25) is 5.95 Å². The topological polar surface area (TPSA) is 29.0 Å². The second kappa shape index (κ2) is 4.46. The van der Waals surface area contributed by atoms with Gasteiger partial charge in [-0.15, -0.1) is 6.42 Å². The minimum absolute atomic E-state index is 0.718. The lowest BCUT2D eigenvalue weighted by atomic mass is 10.4. The van der Waals surface area contributed by atoms with E-state index in [9.17, 15) is 0 Å². The van der Waals surface area contributed by atoms with Crippen molar-refractivity contribution in [1.29, 1.82) is 0 Å². The third-order valence-electron chi connectivity index (χ3n) is 1.85. The van der Waals surface area contributed by atoms with Gasteiger partial charge in [-0.1, -0.05) is 5.92 Å². The summed E-state index contributed by atoms with van der Waals surface area (Å²) in [6.07, 6.45) is 8.53. The molecule has 0 atom stereocenters. The Bertz CT molecular complexity index is 293. The number of nitrogens with zero attached hydrogens (tertiary/aromatic N) is 3. The van der Waals surface area contributed by atoms with Crippen molar-refractivity contribution < 1.29 is 0 Å². The monoisotopic (exact) mass is 175 g/mol. The largest absolute Gasteiger partial charge is 0.341 e. The van der Waals surface area contributed by atoms with Gasteiger partial charge in [0.15, 0.2) is 0 Å². The van der Waals surface area contributed by atoms with Gasteiger partial charge in [-0.25, -0.2) is 9.97 Å². The van der Waals surface area contributed by atoms with Crippen LogP contribution in [0.5, 0.6) is 0 Å². The fourth-order valence-electron chi connectivity index (χ4n) is 1.07. The highest BCUT2D eigenvalue weighted by Gasteiger charge is 2.03. The van der Waals surface area contributed by atoms with Gasteiger partial charge >= 0.3 is 0 Å². The van der Waals surface area contributed by atoms with E-state index in [2.05, 4.69) is 34.6 Å². The first-order valence-electron chi connectivity index (χ1n) is 4.35. The maximum absolute atomic E-state index is 5.20. The van der Waals surface area contributed by atoms with Crippen LogP contribution in [0.4, 0.5) is 5.95 Å². The standard InChI is InChI=1S/C10H13N3/c1-4-9-7-11-10(12-8-9)13(5-2)6-3/h1,7-8H,5-6H2,2-3H3. The smallest absolute Gasteiger partial charge is 0.225 e. The molecule has 0 unspecified atom stereocenters. The summed E-state index contributed by atoms with van der Waals surface area (Å²) < 4.78 is 0. The van der Waals surface area contributed by atoms with Gasteiger partial charge in [0.05, 0.1) is 5.56 Å². The first-order chi connectivity index (χ1) is 6.31. The molecule has 68 valence electrons. The molecule has 0 amide bonds. The predicted molar refractivity (Wildman–Crippen MR) is 53.5 cm³/mol. The molecule has 0 fully saturated rings. The van der Waals surface area contributed by atoms with E-state index >= 15 is 0 Å². The first-order valence-corrected chi connectivity index (χ1v) is 4.35. The third kappa shape index (κ3) is 2.19. The molecule has 3 nitrogen and oxygen atoms in total. The van der Waals surface area contributed by atoms with Crippen molar-refractivity contribution in [2.24, 2.45) is 0 Å². The van der Waals surface area contributed by atoms with Gasteiger partial charge in [-0.3, -0.25) is 0 Å². The lowest BCUT2D eigenvalue weighted by Gasteiger charge is -2.17. The van der Waals surface area contributed by atoms with Crippen LogP contribution in [0.15, 0.2) is 12.4 Å². The zero-order chi connectivity index (χ0) is 9.68. The Kier molecular flexibility index (Phi) is 3.27. The van der Waals surface area contributed by atoms with E-state index in [1.54, 1.807) is 12.4 Å². The minimum atomic E-state index is 0.718. The molecule has 0 saturated heterocycles. The average molecular weight is 175 g/mol. The zero-order valence-electron chi connectivity index (χ0n) is 7.99. The zero-order valence-corrected chi connectivity index (χ0v) is 7.99. The summed E-state index contributed by atoms with van der Waals surface area (Å²) >= 11 is 0. The number of rotatable bonds is 3. The summed E-state index contributed by atoms with van der Waals surface area (Å²) in [5, 5.41) is 0. The van der Waals surface area contributed by atoms with E-state index in [1.807, 2.05) is 0 Å². The van der Waals surface area contributed by atoms with Crippen molar-refractivity contribution in [2.45, 2.75) is 13.8 Å². The Morgan fingerprint density at radius 2 is 1.85 bits per heavy atom. The van der Waals surface area contributed by atoms with E-state index in [0.29, 0.717) is 0 Å². The molecule has 1 rings (SSSR count). The Balaban J connectivity index is 2.85. The Morgan fingerprint density at radius 1 is 1.31 bits per heavy atom. The van der Waals surface area contributed by atoms with Gasteiger partial charge < -0.3 is 4.90 Å². The summed E-state index contributed by atoms with van der Waals surface area (Å²) in [6, 6.07) is 0. The highest BCUT2D eigenvalue weighted by Crippen LogP contribution is 2.05. The molecule has 1 aromatic heterocycles. The van der Waals surface area contributed by atoms with Crippen LogP contribution in [0.2, 0.25) is 0 Å². The summed E-state index contributed by atoms with van der Waals surface area (Å²) in [5.74, 6) is 3.23. The minimum Gasteiger partial charge on any atom is -0.341 e. The maximum atomic E-state index is 5.20. The molecule has 13 heavy (non-hydrogen) atoms. The molecule has 1 aromatic rings. The van der Waals surface area contributed by atoms with Crippen LogP contribution in [0, 0.1) is 12.3 Å². The van der Waals surface area contributed by atoms with Gasteiger partial charge in [0, 0.05) is 25.5 Å². The van der Waals surface area contributed by atoms with Crippen molar-refractivity contribution in [3.8, 4) is 12.3 Å². The molecule has 0 aliphatic rings. The van der Waals surface area contributed by atoms with E-state index in [1.165, 1.54) is 0 Å². The van der Waals surface area contributed by atoms with Crippen molar-refractivity contribution in [1.82, 2.24) is 9.97 Å². The Labute approximate surface area is 78.8 Å². The van der Waals surface area contributed by atoms with Crippen LogP contribution in [0.1, 0.15) is 19.4 Å². The molecule has 0 aliphatic heterocycles. The normalized spacial score (nSPS) is 9.31. The summed E-state index contributed by atoms with van der Waals surface area (Å²) in [6.45, 7) is 5.96. The lowest BCUT2D eigenvalue weighted by Crippen LogP contribution is -2.23. The Hall–Kier alpha value is -1.56. The molecule has 0 saturated carbocycles. The summed E-state index contributed by atoms with van der Waals surface area (Å²) in [5.41, 5.74) is 0.718. The van der Waals surface area contributed by atoms with Gasteiger partial charge in [0.25, 0.3) is 0 Å². The highest BCUT2D eigenvalue weighted by molar-refractivity contribution is 5.34. The average Bonchev–Trinajstić information content (AvgIpc) is 2.21. The molecular formula is C10H13N3. The number of terminal acetylenes is 1. The maximum Gasteiger partial charge on any atom is 0.225 e. The molecule has 0 radical (unpaired) electrons. The van der Waals surface area contributed by atoms with Crippen LogP contribution in [0.3, 0.4) is 0 Å². The molecule has 0 aromatic carbocycles. The molecule has 3 heteroatoms. The molecule has 0 bridgehead atoms. The quantitative estimate of drug-likeness (QED) is 0.648. The van der Waals surface area contributed by atoms with E-state index < -0.39 is 0 Å².